The van der Waals surface area contributed by atoms with Crippen LogP contribution in [0.15, 0.2) is 12.5 Å². The van der Waals surface area contributed by atoms with Crippen molar-refractivity contribution < 1.29 is 9.63 Å². The van der Waals surface area contributed by atoms with E-state index in [2.05, 4.69) is 20.3 Å². The molecule has 0 unspecified atom stereocenters. The van der Waals surface area contributed by atoms with Crippen LogP contribution in [0.25, 0.3) is 0 Å². The Labute approximate surface area is 69.7 Å². The zero-order valence-electron chi connectivity index (χ0n) is 6.87. The number of hydrogen-bond acceptors (Lipinski definition) is 4. The van der Waals surface area contributed by atoms with Gasteiger partial charge in [0, 0.05) is 6.20 Å². The topological polar surface area (TPSA) is 64.1 Å². The Kier molecular flexibility index (Phi) is 2.71. The Bertz CT molecular complexity index is 288. The first kappa shape index (κ1) is 8.61. The summed E-state index contributed by atoms with van der Waals surface area (Å²) in [6.07, 6.45) is 2.83. The number of aromatic nitrogens is 2. The average molecular weight is 167 g/mol. The predicted molar refractivity (Wildman–Crippen MR) is 41.2 cm³/mol. The van der Waals surface area contributed by atoms with Crippen LogP contribution in [0.1, 0.15) is 16.1 Å². The van der Waals surface area contributed by atoms with E-state index in [1.807, 2.05) is 0 Å². The van der Waals surface area contributed by atoms with Crippen molar-refractivity contribution in [1.29, 1.82) is 0 Å². The molecule has 0 aliphatic rings. The van der Waals surface area contributed by atoms with Gasteiger partial charge in [-0.25, -0.2) is 15.4 Å². The van der Waals surface area contributed by atoms with Crippen LogP contribution in [0.4, 0.5) is 0 Å². The van der Waals surface area contributed by atoms with Crippen molar-refractivity contribution in [2.24, 2.45) is 0 Å². The molecule has 5 heteroatoms. The second-order valence-corrected chi connectivity index (χ2v) is 2.16. The van der Waals surface area contributed by atoms with Crippen LogP contribution < -0.4 is 5.48 Å². The largest absolute Gasteiger partial charge is 0.278 e. The fourth-order valence-electron chi connectivity index (χ4n) is 0.761. The molecule has 5 nitrogen and oxygen atoms in total. The number of aryl methyl sites for hydroxylation is 1. The van der Waals surface area contributed by atoms with Crippen molar-refractivity contribution in [3.8, 4) is 0 Å². The molecular formula is C7H9N3O2. The van der Waals surface area contributed by atoms with Crippen LogP contribution in [0.2, 0.25) is 0 Å². The maximum absolute atomic E-state index is 11.1. The summed E-state index contributed by atoms with van der Waals surface area (Å²) in [6.45, 7) is 1.73. The van der Waals surface area contributed by atoms with Gasteiger partial charge in [-0.1, -0.05) is 0 Å². The van der Waals surface area contributed by atoms with Crippen molar-refractivity contribution in [3.63, 3.8) is 0 Å². The van der Waals surface area contributed by atoms with Crippen LogP contribution >= 0.6 is 0 Å². The van der Waals surface area contributed by atoms with E-state index in [9.17, 15) is 4.79 Å². The Hall–Kier alpha value is -1.49. The summed E-state index contributed by atoms with van der Waals surface area (Å²) in [6, 6.07) is 0. The molecule has 0 aliphatic heterocycles. The molecule has 0 saturated heterocycles. The van der Waals surface area contributed by atoms with Gasteiger partial charge in [-0.15, -0.1) is 0 Å². The molecule has 1 aromatic rings. The second-order valence-electron chi connectivity index (χ2n) is 2.16. The van der Waals surface area contributed by atoms with Crippen molar-refractivity contribution in [3.05, 3.63) is 23.8 Å². The maximum Gasteiger partial charge on any atom is 0.278 e. The molecule has 1 rings (SSSR count). The summed E-state index contributed by atoms with van der Waals surface area (Å²) < 4.78 is 0. The monoisotopic (exact) mass is 167 g/mol. The first-order valence-corrected chi connectivity index (χ1v) is 3.35. The molecule has 1 aromatic heterocycles. The standard InChI is InChI=1S/C7H9N3O2/c1-5-6(3-8-4-9-5)7(11)10-12-2/h3-4H,1-2H3,(H,10,11). The molecule has 0 radical (unpaired) electrons. The van der Waals surface area contributed by atoms with E-state index in [1.54, 1.807) is 6.92 Å². The maximum atomic E-state index is 11.1. The number of hydrogen-bond donors (Lipinski definition) is 1. The minimum absolute atomic E-state index is 0.337. The van der Waals surface area contributed by atoms with Gasteiger partial charge < -0.3 is 0 Å². The minimum atomic E-state index is -0.337. The Morgan fingerprint density at radius 1 is 1.67 bits per heavy atom. The van der Waals surface area contributed by atoms with E-state index < -0.39 is 0 Å². The molecular weight excluding hydrogens is 158 g/mol. The molecule has 1 heterocycles. The third-order valence-electron chi connectivity index (χ3n) is 1.35. The van der Waals surface area contributed by atoms with Gasteiger partial charge in [-0.3, -0.25) is 9.63 Å². The zero-order valence-corrected chi connectivity index (χ0v) is 6.87. The third-order valence-corrected chi connectivity index (χ3v) is 1.35. The van der Waals surface area contributed by atoms with E-state index in [1.165, 1.54) is 19.6 Å². The van der Waals surface area contributed by atoms with E-state index >= 15 is 0 Å². The first-order chi connectivity index (χ1) is 5.75. The fraction of sp³-hybridized carbons (Fsp3) is 0.286. The Morgan fingerprint density at radius 2 is 2.42 bits per heavy atom. The van der Waals surface area contributed by atoms with Crippen molar-refractivity contribution in [2.75, 3.05) is 7.11 Å². The third kappa shape index (κ3) is 1.76. The SMILES string of the molecule is CONC(=O)c1cncnc1C. The highest BCUT2D eigenvalue weighted by Gasteiger charge is 2.08. The van der Waals surface area contributed by atoms with Gasteiger partial charge in [0.25, 0.3) is 5.91 Å². The highest BCUT2D eigenvalue weighted by Crippen LogP contribution is 2.00. The van der Waals surface area contributed by atoms with Gasteiger partial charge in [0.05, 0.1) is 18.4 Å². The van der Waals surface area contributed by atoms with Gasteiger partial charge in [-0.2, -0.15) is 0 Å². The number of carbonyl (C=O) groups is 1. The minimum Gasteiger partial charge on any atom is -0.277 e. The van der Waals surface area contributed by atoms with Gasteiger partial charge >= 0.3 is 0 Å². The van der Waals surface area contributed by atoms with E-state index in [0.717, 1.165) is 0 Å². The summed E-state index contributed by atoms with van der Waals surface area (Å²) in [5.74, 6) is -0.337. The smallest absolute Gasteiger partial charge is 0.277 e. The molecule has 64 valence electrons. The summed E-state index contributed by atoms with van der Waals surface area (Å²) >= 11 is 0. The van der Waals surface area contributed by atoms with Crippen LogP contribution in [-0.2, 0) is 4.84 Å². The Balaban J connectivity index is 2.87. The summed E-state index contributed by atoms with van der Waals surface area (Å²) in [5, 5.41) is 0. The normalized spacial score (nSPS) is 9.50. The van der Waals surface area contributed by atoms with Crippen LogP contribution in [0, 0.1) is 6.92 Å². The molecule has 0 atom stereocenters. The van der Waals surface area contributed by atoms with E-state index in [0.29, 0.717) is 11.3 Å². The van der Waals surface area contributed by atoms with Crippen LogP contribution in [0.5, 0.6) is 0 Å². The summed E-state index contributed by atoms with van der Waals surface area (Å²) in [7, 11) is 1.37. The number of hydroxylamine groups is 1. The molecule has 12 heavy (non-hydrogen) atoms. The number of nitrogens with zero attached hydrogens (tertiary/aromatic N) is 2. The van der Waals surface area contributed by atoms with Crippen molar-refractivity contribution in [1.82, 2.24) is 15.4 Å². The molecule has 0 saturated carbocycles. The number of nitrogens with one attached hydrogen (secondary N) is 1. The number of amides is 1. The summed E-state index contributed by atoms with van der Waals surface area (Å²) in [4.78, 5) is 23.2. The summed E-state index contributed by atoms with van der Waals surface area (Å²) in [5.41, 5.74) is 3.22. The number of rotatable bonds is 2. The highest BCUT2D eigenvalue weighted by molar-refractivity contribution is 5.94. The number of carbonyl (C=O) groups excluding carboxylic acids is 1. The molecule has 0 fully saturated rings. The lowest BCUT2D eigenvalue weighted by molar-refractivity contribution is 0.0536. The van der Waals surface area contributed by atoms with Crippen LogP contribution in [-0.4, -0.2) is 23.0 Å². The average Bonchev–Trinajstić information content (AvgIpc) is 2.05. The fourth-order valence-corrected chi connectivity index (χ4v) is 0.761. The molecule has 0 aliphatic carbocycles. The van der Waals surface area contributed by atoms with Crippen LogP contribution in [0.3, 0.4) is 0 Å². The molecule has 0 aromatic carbocycles. The molecule has 1 amide bonds. The van der Waals surface area contributed by atoms with Crippen molar-refractivity contribution >= 4 is 5.91 Å². The van der Waals surface area contributed by atoms with Crippen molar-refractivity contribution in [2.45, 2.75) is 6.92 Å². The van der Waals surface area contributed by atoms with E-state index in [4.69, 9.17) is 0 Å². The zero-order chi connectivity index (χ0) is 8.97. The van der Waals surface area contributed by atoms with Gasteiger partial charge in [0.15, 0.2) is 0 Å². The van der Waals surface area contributed by atoms with E-state index in [-0.39, 0.29) is 5.91 Å². The Morgan fingerprint density at radius 3 is 3.00 bits per heavy atom. The molecule has 1 N–H and O–H groups in total. The molecule has 0 spiro atoms. The predicted octanol–water partition coefficient (Wildman–Crippen LogP) is 0.0762. The second kappa shape index (κ2) is 3.77. The lowest BCUT2D eigenvalue weighted by Gasteiger charge is -2.02. The quantitative estimate of drug-likeness (QED) is 0.633. The van der Waals surface area contributed by atoms with Gasteiger partial charge in [0.1, 0.15) is 6.33 Å². The highest BCUT2D eigenvalue weighted by atomic mass is 16.6. The molecule has 0 bridgehead atoms. The van der Waals surface area contributed by atoms with Gasteiger partial charge in [-0.05, 0) is 6.92 Å². The lowest BCUT2D eigenvalue weighted by atomic mass is 10.2. The van der Waals surface area contributed by atoms with Gasteiger partial charge in [0.2, 0.25) is 0 Å². The lowest BCUT2D eigenvalue weighted by Crippen LogP contribution is -2.23. The first-order valence-electron chi connectivity index (χ1n) is 3.35.